The minimum atomic E-state index is -0.957. The molecule has 0 aliphatic carbocycles. The lowest BCUT2D eigenvalue weighted by Crippen LogP contribution is -2.65. The second kappa shape index (κ2) is 5.65. The molecule has 25 heavy (non-hydrogen) atoms. The van der Waals surface area contributed by atoms with Gasteiger partial charge in [-0.1, -0.05) is 0 Å². The second-order valence-electron chi connectivity index (χ2n) is 6.35. The van der Waals surface area contributed by atoms with Gasteiger partial charge in [0.2, 0.25) is 0 Å². The fourth-order valence-corrected chi connectivity index (χ4v) is 3.53. The summed E-state index contributed by atoms with van der Waals surface area (Å²) in [4.78, 5) is 31.2. The Balaban J connectivity index is 1.72. The van der Waals surface area contributed by atoms with Gasteiger partial charge in [-0.25, -0.2) is 13.8 Å². The maximum absolute atomic E-state index is 14.1. The van der Waals surface area contributed by atoms with Crippen LogP contribution in [0.1, 0.15) is 5.69 Å². The molecule has 2 aliphatic rings. The van der Waals surface area contributed by atoms with Gasteiger partial charge in [-0.3, -0.25) is 9.59 Å². The number of amides is 2. The van der Waals surface area contributed by atoms with Crippen LogP contribution in [0.5, 0.6) is 0 Å². The van der Waals surface area contributed by atoms with E-state index in [1.807, 2.05) is 11.0 Å². The fraction of sp³-hybridized carbons (Fsp3) is 0.353. The molecule has 1 N–H and O–H groups in total. The molecule has 4 rings (SSSR count). The molecular weight excluding hydrogens is 330 g/mol. The van der Waals surface area contributed by atoms with Gasteiger partial charge in [-0.15, -0.1) is 0 Å². The number of aromatic nitrogens is 1. The summed E-state index contributed by atoms with van der Waals surface area (Å²) in [5.74, 6) is -2.98. The Labute approximate surface area is 142 Å². The maximum Gasteiger partial charge on any atom is 0.312 e. The van der Waals surface area contributed by atoms with Gasteiger partial charge in [0.05, 0.1) is 6.04 Å². The number of pyridine rings is 1. The number of hydrogen-bond donors (Lipinski definition) is 1. The van der Waals surface area contributed by atoms with E-state index in [-0.39, 0.29) is 11.6 Å². The molecule has 2 fully saturated rings. The van der Waals surface area contributed by atoms with Gasteiger partial charge in [-0.05, 0) is 25.1 Å². The van der Waals surface area contributed by atoms with Crippen molar-refractivity contribution in [1.29, 1.82) is 0 Å². The fourth-order valence-electron chi connectivity index (χ4n) is 3.53. The Bertz CT molecular complexity index is 902. The summed E-state index contributed by atoms with van der Waals surface area (Å²) in [5, 5.41) is 3.12. The van der Waals surface area contributed by atoms with Gasteiger partial charge in [0.1, 0.15) is 5.52 Å². The van der Waals surface area contributed by atoms with Crippen LogP contribution in [0.2, 0.25) is 0 Å². The van der Waals surface area contributed by atoms with Gasteiger partial charge in [-0.2, -0.15) is 0 Å². The number of rotatable bonds is 1. The standard InChI is InChI=1S/C17H16F2N4O2/c1-9-6-13(11-2-3-12(18)14(19)15(11)21-9)22-4-5-23-10(8-22)7-20-16(24)17(23)25/h2-3,6,10H,4-5,7-8H2,1H3,(H,20,24). The predicted molar refractivity (Wildman–Crippen MR) is 87.1 cm³/mol. The van der Waals surface area contributed by atoms with Crippen molar-refractivity contribution >= 4 is 28.4 Å². The third-order valence-corrected chi connectivity index (χ3v) is 4.76. The molecular formula is C17H16F2N4O2. The second-order valence-corrected chi connectivity index (χ2v) is 6.35. The third kappa shape index (κ3) is 2.48. The van der Waals surface area contributed by atoms with E-state index in [9.17, 15) is 18.4 Å². The summed E-state index contributed by atoms with van der Waals surface area (Å²) in [6.07, 6.45) is 0. The van der Waals surface area contributed by atoms with E-state index in [2.05, 4.69) is 10.3 Å². The molecule has 0 saturated carbocycles. The topological polar surface area (TPSA) is 65.5 Å². The summed E-state index contributed by atoms with van der Waals surface area (Å²) < 4.78 is 27.7. The smallest absolute Gasteiger partial charge is 0.312 e. The number of benzene rings is 1. The number of piperazine rings is 2. The van der Waals surface area contributed by atoms with Crippen LogP contribution in [0.3, 0.4) is 0 Å². The minimum absolute atomic E-state index is 0.00505. The molecule has 2 aliphatic heterocycles. The molecule has 2 amide bonds. The monoisotopic (exact) mass is 346 g/mol. The Morgan fingerprint density at radius 1 is 1.24 bits per heavy atom. The van der Waals surface area contributed by atoms with E-state index in [1.54, 1.807) is 11.8 Å². The van der Waals surface area contributed by atoms with Crippen molar-refractivity contribution in [3.63, 3.8) is 0 Å². The largest absolute Gasteiger partial charge is 0.367 e. The number of anilines is 1. The maximum atomic E-state index is 14.1. The number of nitrogens with one attached hydrogen (secondary N) is 1. The van der Waals surface area contributed by atoms with E-state index in [4.69, 9.17) is 0 Å². The number of carbonyl (C=O) groups excluding carboxylic acids is 2. The van der Waals surface area contributed by atoms with E-state index < -0.39 is 23.4 Å². The molecule has 0 radical (unpaired) electrons. The number of hydrogen-bond acceptors (Lipinski definition) is 4. The molecule has 1 unspecified atom stereocenters. The summed E-state index contributed by atoms with van der Waals surface area (Å²) in [6, 6.07) is 4.31. The van der Waals surface area contributed by atoms with E-state index >= 15 is 0 Å². The quantitative estimate of drug-likeness (QED) is 0.782. The van der Waals surface area contributed by atoms with Crippen LogP contribution >= 0.6 is 0 Å². The van der Waals surface area contributed by atoms with E-state index in [0.29, 0.717) is 37.3 Å². The Morgan fingerprint density at radius 2 is 2.04 bits per heavy atom. The van der Waals surface area contributed by atoms with Crippen LogP contribution in [0.25, 0.3) is 10.9 Å². The van der Waals surface area contributed by atoms with Gasteiger partial charge >= 0.3 is 11.8 Å². The Kier molecular flexibility index (Phi) is 3.55. The molecule has 0 bridgehead atoms. The van der Waals surface area contributed by atoms with E-state index in [0.717, 1.165) is 11.8 Å². The van der Waals surface area contributed by atoms with Crippen molar-refractivity contribution in [2.45, 2.75) is 13.0 Å². The highest BCUT2D eigenvalue weighted by Gasteiger charge is 2.38. The van der Waals surface area contributed by atoms with Crippen LogP contribution in [-0.2, 0) is 9.59 Å². The first-order valence-electron chi connectivity index (χ1n) is 8.05. The zero-order valence-corrected chi connectivity index (χ0v) is 13.6. The average Bonchev–Trinajstić information content (AvgIpc) is 2.61. The molecule has 1 atom stereocenters. The highest BCUT2D eigenvalue weighted by atomic mass is 19.2. The van der Waals surface area contributed by atoms with Crippen LogP contribution < -0.4 is 10.2 Å². The predicted octanol–water partition coefficient (Wildman–Crippen LogP) is 0.968. The van der Waals surface area contributed by atoms with Gasteiger partial charge < -0.3 is 15.1 Å². The summed E-state index contributed by atoms with van der Waals surface area (Å²) in [5.41, 5.74) is 1.35. The summed E-state index contributed by atoms with van der Waals surface area (Å²) in [7, 11) is 0. The Hall–Kier alpha value is -2.77. The van der Waals surface area contributed by atoms with Gasteiger partial charge in [0.25, 0.3) is 0 Å². The molecule has 0 spiro atoms. The van der Waals surface area contributed by atoms with Gasteiger partial charge in [0, 0.05) is 42.9 Å². The molecule has 8 heteroatoms. The lowest BCUT2D eigenvalue weighted by Gasteiger charge is -2.44. The molecule has 2 aromatic rings. The number of nitrogens with zero attached hydrogens (tertiary/aromatic N) is 3. The summed E-state index contributed by atoms with van der Waals surface area (Å²) >= 11 is 0. The summed E-state index contributed by atoms with van der Waals surface area (Å²) in [6.45, 7) is 3.53. The molecule has 1 aromatic carbocycles. The normalized spacial score (nSPS) is 20.7. The van der Waals surface area contributed by atoms with Crippen LogP contribution in [0.4, 0.5) is 14.5 Å². The lowest BCUT2D eigenvalue weighted by atomic mass is 10.1. The van der Waals surface area contributed by atoms with Gasteiger partial charge in [0.15, 0.2) is 11.6 Å². The van der Waals surface area contributed by atoms with Crippen LogP contribution in [0.15, 0.2) is 18.2 Å². The molecule has 3 heterocycles. The number of carbonyl (C=O) groups is 2. The molecule has 1 aromatic heterocycles. The molecule has 130 valence electrons. The SMILES string of the molecule is Cc1cc(N2CCN3C(=O)C(=O)NCC3C2)c2ccc(F)c(F)c2n1. The minimum Gasteiger partial charge on any atom is -0.367 e. The van der Waals surface area contributed by atoms with Crippen molar-refractivity contribution < 1.29 is 18.4 Å². The van der Waals surface area contributed by atoms with E-state index in [1.165, 1.54) is 6.07 Å². The Morgan fingerprint density at radius 3 is 2.84 bits per heavy atom. The molecule has 2 saturated heterocycles. The van der Waals surface area contributed by atoms with Crippen molar-refractivity contribution in [2.75, 3.05) is 31.1 Å². The van der Waals surface area contributed by atoms with Crippen LogP contribution in [0, 0.1) is 18.6 Å². The molecule has 6 nitrogen and oxygen atoms in total. The van der Waals surface area contributed by atoms with Crippen molar-refractivity contribution in [1.82, 2.24) is 15.2 Å². The first-order chi connectivity index (χ1) is 12.0. The number of aryl methyl sites for hydroxylation is 1. The first kappa shape index (κ1) is 15.7. The third-order valence-electron chi connectivity index (χ3n) is 4.76. The highest BCUT2D eigenvalue weighted by Crippen LogP contribution is 2.31. The lowest BCUT2D eigenvalue weighted by molar-refractivity contribution is -0.150. The van der Waals surface area contributed by atoms with Crippen molar-refractivity contribution in [3.8, 4) is 0 Å². The zero-order valence-electron chi connectivity index (χ0n) is 13.6. The average molecular weight is 346 g/mol. The van der Waals surface area contributed by atoms with Crippen molar-refractivity contribution in [2.24, 2.45) is 0 Å². The number of fused-ring (bicyclic) bond motifs is 2. The zero-order chi connectivity index (χ0) is 17.7. The number of halogens is 2. The van der Waals surface area contributed by atoms with Crippen molar-refractivity contribution in [3.05, 3.63) is 35.5 Å². The highest BCUT2D eigenvalue weighted by molar-refractivity contribution is 6.35. The first-order valence-corrected chi connectivity index (χ1v) is 8.05. The van der Waals surface area contributed by atoms with Crippen LogP contribution in [-0.4, -0.2) is 53.9 Å².